The van der Waals surface area contributed by atoms with Gasteiger partial charge in [0, 0.05) is 26.2 Å². The number of rotatable bonds is 6. The van der Waals surface area contributed by atoms with E-state index in [9.17, 15) is 13.2 Å². The van der Waals surface area contributed by atoms with Crippen LogP contribution in [0.2, 0.25) is 0 Å². The van der Waals surface area contributed by atoms with Crippen molar-refractivity contribution in [1.82, 2.24) is 9.21 Å². The van der Waals surface area contributed by atoms with Gasteiger partial charge in [-0.05, 0) is 35.7 Å². The van der Waals surface area contributed by atoms with Gasteiger partial charge in [-0.15, -0.1) is 0 Å². The summed E-state index contributed by atoms with van der Waals surface area (Å²) >= 11 is 0. The van der Waals surface area contributed by atoms with Crippen molar-refractivity contribution in [1.29, 1.82) is 0 Å². The Kier molecular flexibility index (Phi) is 6.67. The highest BCUT2D eigenvalue weighted by atomic mass is 32.2. The third kappa shape index (κ3) is 4.29. The molecule has 1 fully saturated rings. The maximum absolute atomic E-state index is 13.0. The van der Waals surface area contributed by atoms with E-state index in [1.165, 1.54) is 18.5 Å². The van der Waals surface area contributed by atoms with Crippen molar-refractivity contribution in [3.8, 4) is 11.5 Å². The van der Waals surface area contributed by atoms with Gasteiger partial charge in [-0.1, -0.05) is 32.0 Å². The molecule has 0 atom stereocenters. The van der Waals surface area contributed by atoms with Crippen LogP contribution < -0.4 is 9.47 Å². The van der Waals surface area contributed by atoms with Gasteiger partial charge in [-0.3, -0.25) is 4.79 Å². The van der Waals surface area contributed by atoms with Crippen molar-refractivity contribution >= 4 is 15.9 Å². The van der Waals surface area contributed by atoms with E-state index in [4.69, 9.17) is 9.47 Å². The molecule has 7 nitrogen and oxygen atoms in total. The minimum Gasteiger partial charge on any atom is -0.493 e. The number of hydrogen-bond donors (Lipinski definition) is 0. The lowest BCUT2D eigenvalue weighted by molar-refractivity contribution is 0.0694. The number of piperazine rings is 1. The molecular weight excluding hydrogens is 404 g/mol. The second-order valence-corrected chi connectivity index (χ2v) is 9.40. The van der Waals surface area contributed by atoms with Gasteiger partial charge in [0.2, 0.25) is 10.0 Å². The molecule has 0 aromatic heterocycles. The number of para-hydroxylation sites is 1. The van der Waals surface area contributed by atoms with Crippen LogP contribution in [-0.2, 0) is 10.0 Å². The Morgan fingerprint density at radius 1 is 0.933 bits per heavy atom. The molecule has 1 aliphatic heterocycles. The Bertz CT molecular complexity index is 995. The molecule has 1 heterocycles. The molecule has 0 unspecified atom stereocenters. The van der Waals surface area contributed by atoms with Crippen LogP contribution in [0.1, 0.15) is 35.7 Å². The quantitative estimate of drug-likeness (QED) is 0.702. The van der Waals surface area contributed by atoms with E-state index in [-0.39, 0.29) is 23.9 Å². The van der Waals surface area contributed by atoms with Gasteiger partial charge >= 0.3 is 0 Å². The summed E-state index contributed by atoms with van der Waals surface area (Å²) in [5.74, 6) is 0.994. The number of nitrogens with zero attached hydrogens (tertiary/aromatic N) is 2. The number of benzene rings is 2. The Morgan fingerprint density at radius 3 is 2.10 bits per heavy atom. The summed E-state index contributed by atoms with van der Waals surface area (Å²) in [5, 5.41) is 0. The molecule has 1 saturated heterocycles. The molecule has 1 aliphatic rings. The fraction of sp³-hybridized carbons (Fsp3) is 0.409. The van der Waals surface area contributed by atoms with E-state index in [0.29, 0.717) is 36.1 Å². The zero-order chi connectivity index (χ0) is 21.9. The lowest BCUT2D eigenvalue weighted by Crippen LogP contribution is -2.50. The third-order valence-electron chi connectivity index (χ3n) is 5.34. The number of hydrogen-bond acceptors (Lipinski definition) is 5. The molecule has 162 valence electrons. The number of ether oxygens (including phenoxy) is 2. The Balaban J connectivity index is 1.72. The maximum atomic E-state index is 13.0. The number of carbonyl (C=O) groups is 1. The molecule has 3 rings (SSSR count). The zero-order valence-electron chi connectivity index (χ0n) is 17.8. The second-order valence-electron chi connectivity index (χ2n) is 7.46. The summed E-state index contributed by atoms with van der Waals surface area (Å²) in [6, 6.07) is 12.2. The number of methoxy groups -OCH3 is 2. The molecule has 0 N–H and O–H groups in total. The number of sulfonamides is 1. The molecular formula is C22H28N2O5S. The smallest absolute Gasteiger partial charge is 0.257 e. The predicted molar refractivity (Wildman–Crippen MR) is 115 cm³/mol. The zero-order valence-corrected chi connectivity index (χ0v) is 18.6. The summed E-state index contributed by atoms with van der Waals surface area (Å²) in [6.07, 6.45) is 0. The summed E-state index contributed by atoms with van der Waals surface area (Å²) < 4.78 is 38.0. The first-order valence-corrected chi connectivity index (χ1v) is 11.3. The van der Waals surface area contributed by atoms with Gasteiger partial charge in [0.15, 0.2) is 11.5 Å². The molecule has 0 spiro atoms. The van der Waals surface area contributed by atoms with Crippen LogP contribution in [0.3, 0.4) is 0 Å². The van der Waals surface area contributed by atoms with Gasteiger partial charge in [-0.25, -0.2) is 8.42 Å². The standard InChI is InChI=1S/C22H28N2O5S/c1-16(2)17-8-10-18(11-9-17)30(26,27)24-14-12-23(13-15-24)22(25)19-6-5-7-20(28-3)21(19)29-4/h5-11,16H,12-15H2,1-4H3. The summed E-state index contributed by atoms with van der Waals surface area (Å²) in [4.78, 5) is 14.9. The maximum Gasteiger partial charge on any atom is 0.257 e. The van der Waals surface area contributed by atoms with E-state index >= 15 is 0 Å². The van der Waals surface area contributed by atoms with Crippen LogP contribution in [0.5, 0.6) is 11.5 Å². The highest BCUT2D eigenvalue weighted by molar-refractivity contribution is 7.89. The van der Waals surface area contributed by atoms with Gasteiger partial charge in [-0.2, -0.15) is 4.31 Å². The molecule has 0 radical (unpaired) electrons. The van der Waals surface area contributed by atoms with Gasteiger partial charge in [0.25, 0.3) is 5.91 Å². The molecule has 1 amide bonds. The van der Waals surface area contributed by atoms with Crippen LogP contribution >= 0.6 is 0 Å². The average molecular weight is 433 g/mol. The topological polar surface area (TPSA) is 76.2 Å². The normalized spacial score (nSPS) is 15.3. The fourth-order valence-corrected chi connectivity index (χ4v) is 4.95. The van der Waals surface area contributed by atoms with Crippen molar-refractivity contribution in [2.24, 2.45) is 0 Å². The van der Waals surface area contributed by atoms with Crippen molar-refractivity contribution in [3.05, 3.63) is 53.6 Å². The van der Waals surface area contributed by atoms with Crippen molar-refractivity contribution in [2.45, 2.75) is 24.7 Å². The monoisotopic (exact) mass is 432 g/mol. The first-order chi connectivity index (χ1) is 14.3. The van der Waals surface area contributed by atoms with E-state index in [2.05, 4.69) is 13.8 Å². The molecule has 0 bridgehead atoms. The van der Waals surface area contributed by atoms with Crippen molar-refractivity contribution in [2.75, 3.05) is 40.4 Å². The molecule has 0 saturated carbocycles. The minimum atomic E-state index is -3.59. The van der Waals surface area contributed by atoms with E-state index in [1.807, 2.05) is 12.1 Å². The van der Waals surface area contributed by atoms with E-state index in [1.54, 1.807) is 35.2 Å². The lowest BCUT2D eigenvalue weighted by Gasteiger charge is -2.34. The van der Waals surface area contributed by atoms with Gasteiger partial charge in [0.1, 0.15) is 0 Å². The van der Waals surface area contributed by atoms with Crippen LogP contribution in [-0.4, -0.2) is 63.9 Å². The van der Waals surface area contributed by atoms with Crippen LogP contribution in [0.15, 0.2) is 47.4 Å². The third-order valence-corrected chi connectivity index (χ3v) is 7.26. The summed E-state index contributed by atoms with van der Waals surface area (Å²) in [7, 11) is -0.584. The molecule has 8 heteroatoms. The van der Waals surface area contributed by atoms with Gasteiger partial charge in [0.05, 0.1) is 24.7 Å². The van der Waals surface area contributed by atoms with Crippen LogP contribution in [0, 0.1) is 0 Å². The van der Waals surface area contributed by atoms with Crippen LogP contribution in [0.4, 0.5) is 0 Å². The Labute approximate surface area is 178 Å². The second kappa shape index (κ2) is 9.06. The molecule has 2 aromatic carbocycles. The van der Waals surface area contributed by atoms with Crippen LogP contribution in [0.25, 0.3) is 0 Å². The first-order valence-electron chi connectivity index (χ1n) is 9.90. The Hall–Kier alpha value is -2.58. The molecule has 0 aliphatic carbocycles. The van der Waals surface area contributed by atoms with Gasteiger partial charge < -0.3 is 14.4 Å². The van der Waals surface area contributed by atoms with Crippen molar-refractivity contribution < 1.29 is 22.7 Å². The average Bonchev–Trinajstić information content (AvgIpc) is 2.78. The number of amides is 1. The Morgan fingerprint density at radius 2 is 1.57 bits per heavy atom. The summed E-state index contributed by atoms with van der Waals surface area (Å²) in [6.45, 7) is 5.23. The minimum absolute atomic E-state index is 0.205. The SMILES string of the molecule is COc1cccc(C(=O)N2CCN(S(=O)(=O)c3ccc(C(C)C)cc3)CC2)c1OC. The lowest BCUT2D eigenvalue weighted by atomic mass is 10.0. The van der Waals surface area contributed by atoms with E-state index in [0.717, 1.165) is 5.56 Å². The van der Waals surface area contributed by atoms with Crippen molar-refractivity contribution in [3.63, 3.8) is 0 Å². The largest absolute Gasteiger partial charge is 0.493 e. The van der Waals surface area contributed by atoms with E-state index < -0.39 is 10.0 Å². The highest BCUT2D eigenvalue weighted by Gasteiger charge is 2.31. The first kappa shape index (κ1) is 22.1. The predicted octanol–water partition coefficient (Wildman–Crippen LogP) is 2.97. The highest BCUT2D eigenvalue weighted by Crippen LogP contribution is 2.32. The summed E-state index contributed by atoms with van der Waals surface area (Å²) in [5.41, 5.74) is 1.49. The molecule has 30 heavy (non-hydrogen) atoms. The fourth-order valence-electron chi connectivity index (χ4n) is 3.53. The molecule has 2 aromatic rings. The number of carbonyl (C=O) groups excluding carboxylic acids is 1.